The molecule has 2 aromatic rings. The molecule has 0 fully saturated rings. The van der Waals surface area contributed by atoms with E-state index in [2.05, 4.69) is 19.7 Å². The van der Waals surface area contributed by atoms with E-state index in [-0.39, 0.29) is 4.90 Å². The van der Waals surface area contributed by atoms with Gasteiger partial charge in [-0.05, 0) is 37.6 Å². The number of sulfonamides is 1. The third-order valence-electron chi connectivity index (χ3n) is 3.35. The summed E-state index contributed by atoms with van der Waals surface area (Å²) in [6.45, 7) is 3.30. The normalized spacial score (nSPS) is 12.9. The highest BCUT2D eigenvalue weighted by Gasteiger charge is 2.23. The molecule has 124 valence electrons. The van der Waals surface area contributed by atoms with E-state index in [4.69, 9.17) is 0 Å². The summed E-state index contributed by atoms with van der Waals surface area (Å²) >= 11 is 0. The summed E-state index contributed by atoms with van der Waals surface area (Å²) < 4.78 is 33.9. The largest absolute Gasteiger partial charge is 0.465 e. The Morgan fingerprint density at radius 1 is 1.39 bits per heavy atom. The molecule has 0 aliphatic carbocycles. The molecule has 1 aromatic carbocycles. The molecule has 2 rings (SSSR count). The predicted molar refractivity (Wildman–Crippen MR) is 82.3 cm³/mol. The molecule has 0 saturated heterocycles. The minimum Gasteiger partial charge on any atom is -0.465 e. The number of esters is 1. The van der Waals surface area contributed by atoms with Crippen molar-refractivity contribution in [3.63, 3.8) is 0 Å². The molecule has 0 aliphatic rings. The highest BCUT2D eigenvalue weighted by atomic mass is 32.2. The molecule has 0 saturated carbocycles. The number of benzene rings is 1. The maximum absolute atomic E-state index is 12.5. The van der Waals surface area contributed by atoms with Crippen LogP contribution in [0.25, 0.3) is 0 Å². The predicted octanol–water partition coefficient (Wildman–Crippen LogP) is 0.950. The van der Waals surface area contributed by atoms with Crippen LogP contribution in [0.15, 0.2) is 29.4 Å². The van der Waals surface area contributed by atoms with Gasteiger partial charge in [0, 0.05) is 7.05 Å². The number of hydrogen-bond acceptors (Lipinski definition) is 6. The van der Waals surface area contributed by atoms with Crippen LogP contribution in [0, 0.1) is 6.92 Å². The Hall–Kier alpha value is -2.26. The molecule has 23 heavy (non-hydrogen) atoms. The van der Waals surface area contributed by atoms with E-state index in [0.717, 1.165) is 0 Å². The summed E-state index contributed by atoms with van der Waals surface area (Å²) in [5, 5.41) is 7.62. The number of ether oxygens (including phenoxy) is 1. The lowest BCUT2D eigenvalue weighted by Crippen LogP contribution is -2.29. The summed E-state index contributed by atoms with van der Waals surface area (Å²) in [5.41, 5.74) is 0.746. The number of methoxy groups -OCH3 is 1. The number of rotatable bonds is 5. The van der Waals surface area contributed by atoms with Crippen molar-refractivity contribution in [3.8, 4) is 0 Å². The van der Waals surface area contributed by atoms with Crippen molar-refractivity contribution in [2.45, 2.75) is 24.8 Å². The number of aromatic nitrogens is 3. The van der Waals surface area contributed by atoms with Gasteiger partial charge >= 0.3 is 5.97 Å². The van der Waals surface area contributed by atoms with Gasteiger partial charge in [-0.1, -0.05) is 0 Å². The van der Waals surface area contributed by atoms with Gasteiger partial charge in [-0.3, -0.25) is 0 Å². The standard InChI is InChI=1S/C14H18N4O4S/c1-9-7-11(14(19)22-4)5-6-12(9)23(20,21)17-10(2)13-16-15-8-18(13)3/h5-8,10,17H,1-4H3. The molecule has 0 radical (unpaired) electrons. The molecule has 1 unspecified atom stereocenters. The molecule has 9 heteroatoms. The van der Waals surface area contributed by atoms with Gasteiger partial charge in [-0.25, -0.2) is 17.9 Å². The van der Waals surface area contributed by atoms with Crippen LogP contribution in [0.2, 0.25) is 0 Å². The Labute approximate surface area is 134 Å². The quantitative estimate of drug-likeness (QED) is 0.814. The van der Waals surface area contributed by atoms with Gasteiger partial charge in [-0.2, -0.15) is 0 Å². The Balaban J connectivity index is 2.29. The molecule has 1 N–H and O–H groups in total. The molecule has 0 spiro atoms. The molecule has 8 nitrogen and oxygen atoms in total. The molecule has 1 aromatic heterocycles. The van der Waals surface area contributed by atoms with E-state index in [1.54, 1.807) is 25.5 Å². The molecular weight excluding hydrogens is 320 g/mol. The van der Waals surface area contributed by atoms with Gasteiger partial charge in [0.25, 0.3) is 0 Å². The van der Waals surface area contributed by atoms with Gasteiger partial charge in [0.1, 0.15) is 12.2 Å². The Kier molecular flexibility index (Phi) is 4.81. The second-order valence-corrected chi connectivity index (χ2v) is 6.80. The van der Waals surface area contributed by atoms with Crippen LogP contribution in [0.5, 0.6) is 0 Å². The monoisotopic (exact) mass is 338 g/mol. The first-order valence-electron chi connectivity index (χ1n) is 6.81. The lowest BCUT2D eigenvalue weighted by molar-refractivity contribution is 0.0600. The fourth-order valence-electron chi connectivity index (χ4n) is 2.23. The third-order valence-corrected chi connectivity index (χ3v) is 5.05. The van der Waals surface area contributed by atoms with Gasteiger partial charge < -0.3 is 9.30 Å². The van der Waals surface area contributed by atoms with Crippen LogP contribution in [-0.2, 0) is 21.8 Å². The van der Waals surface area contributed by atoms with Gasteiger partial charge in [0.15, 0.2) is 0 Å². The van der Waals surface area contributed by atoms with Crippen LogP contribution in [0.3, 0.4) is 0 Å². The van der Waals surface area contributed by atoms with Crippen LogP contribution in [0.4, 0.5) is 0 Å². The summed E-state index contributed by atoms with van der Waals surface area (Å²) in [7, 11) is -0.762. The van der Waals surface area contributed by atoms with Gasteiger partial charge in [0.05, 0.1) is 23.6 Å². The third kappa shape index (κ3) is 3.57. The molecule has 0 bridgehead atoms. The number of aryl methyl sites for hydroxylation is 2. The van der Waals surface area contributed by atoms with E-state index in [1.165, 1.54) is 31.6 Å². The maximum atomic E-state index is 12.5. The van der Waals surface area contributed by atoms with E-state index in [9.17, 15) is 13.2 Å². The van der Waals surface area contributed by atoms with Crippen LogP contribution >= 0.6 is 0 Å². The molecule has 1 heterocycles. The summed E-state index contributed by atoms with van der Waals surface area (Å²) in [4.78, 5) is 11.6. The number of nitrogens with zero attached hydrogens (tertiary/aromatic N) is 3. The Morgan fingerprint density at radius 2 is 2.09 bits per heavy atom. The lowest BCUT2D eigenvalue weighted by atomic mass is 10.1. The van der Waals surface area contributed by atoms with Crippen LogP contribution in [0.1, 0.15) is 34.7 Å². The van der Waals surface area contributed by atoms with Crippen molar-refractivity contribution in [1.82, 2.24) is 19.5 Å². The minimum absolute atomic E-state index is 0.0965. The van der Waals surface area contributed by atoms with Crippen molar-refractivity contribution in [3.05, 3.63) is 41.5 Å². The SMILES string of the molecule is COC(=O)c1ccc(S(=O)(=O)NC(C)c2nncn2C)c(C)c1. The van der Waals surface area contributed by atoms with E-state index in [1.807, 2.05) is 0 Å². The van der Waals surface area contributed by atoms with Crippen molar-refractivity contribution < 1.29 is 17.9 Å². The van der Waals surface area contributed by atoms with Crippen molar-refractivity contribution in [1.29, 1.82) is 0 Å². The summed E-state index contributed by atoms with van der Waals surface area (Å²) in [5.74, 6) is -0.0186. The van der Waals surface area contributed by atoms with Gasteiger partial charge in [-0.15, -0.1) is 10.2 Å². The molecule has 0 amide bonds. The Bertz CT molecular complexity index is 829. The maximum Gasteiger partial charge on any atom is 0.337 e. The van der Waals surface area contributed by atoms with E-state index < -0.39 is 22.0 Å². The number of nitrogens with one attached hydrogen (secondary N) is 1. The summed E-state index contributed by atoms with van der Waals surface area (Å²) in [6.07, 6.45) is 1.50. The summed E-state index contributed by atoms with van der Waals surface area (Å²) in [6, 6.07) is 3.73. The lowest BCUT2D eigenvalue weighted by Gasteiger charge is -2.15. The molecular formula is C14H18N4O4S. The second-order valence-electron chi connectivity index (χ2n) is 5.11. The van der Waals surface area contributed by atoms with E-state index in [0.29, 0.717) is 17.0 Å². The number of carbonyl (C=O) groups excluding carboxylic acids is 1. The van der Waals surface area contributed by atoms with Crippen molar-refractivity contribution in [2.75, 3.05) is 7.11 Å². The highest BCUT2D eigenvalue weighted by Crippen LogP contribution is 2.20. The fraction of sp³-hybridized carbons (Fsp3) is 0.357. The first-order chi connectivity index (χ1) is 10.8. The van der Waals surface area contributed by atoms with Crippen LogP contribution in [-0.4, -0.2) is 36.3 Å². The Morgan fingerprint density at radius 3 is 2.61 bits per heavy atom. The molecule has 1 atom stereocenters. The zero-order chi connectivity index (χ0) is 17.2. The minimum atomic E-state index is -3.77. The molecule has 0 aliphatic heterocycles. The van der Waals surface area contributed by atoms with Crippen molar-refractivity contribution in [2.24, 2.45) is 7.05 Å². The first kappa shape index (κ1) is 17.1. The zero-order valence-electron chi connectivity index (χ0n) is 13.3. The van der Waals surface area contributed by atoms with Gasteiger partial charge in [0.2, 0.25) is 10.0 Å². The average molecular weight is 338 g/mol. The fourth-order valence-corrected chi connectivity index (χ4v) is 3.66. The number of carbonyl (C=O) groups is 1. The smallest absolute Gasteiger partial charge is 0.337 e. The average Bonchev–Trinajstić information content (AvgIpc) is 2.91. The topological polar surface area (TPSA) is 103 Å². The highest BCUT2D eigenvalue weighted by molar-refractivity contribution is 7.89. The first-order valence-corrected chi connectivity index (χ1v) is 8.29. The number of hydrogen-bond donors (Lipinski definition) is 1. The zero-order valence-corrected chi connectivity index (χ0v) is 14.1. The van der Waals surface area contributed by atoms with Crippen LogP contribution < -0.4 is 4.72 Å². The van der Waals surface area contributed by atoms with Crippen molar-refractivity contribution >= 4 is 16.0 Å². The second kappa shape index (κ2) is 6.47. The van der Waals surface area contributed by atoms with E-state index >= 15 is 0 Å².